The van der Waals surface area contributed by atoms with E-state index in [2.05, 4.69) is 13.8 Å². The van der Waals surface area contributed by atoms with Gasteiger partial charge in [0.1, 0.15) is 0 Å². The van der Waals surface area contributed by atoms with E-state index in [9.17, 15) is 9.59 Å². The first-order valence-corrected chi connectivity index (χ1v) is 4.85. The maximum absolute atomic E-state index is 11.2. The molecule has 0 spiro atoms. The van der Waals surface area contributed by atoms with Crippen molar-refractivity contribution in [2.75, 3.05) is 0 Å². The third-order valence-electron chi connectivity index (χ3n) is 2.59. The van der Waals surface area contributed by atoms with Crippen molar-refractivity contribution >= 4 is 11.6 Å². The summed E-state index contributed by atoms with van der Waals surface area (Å²) < 4.78 is 0. The molecule has 0 aromatic carbocycles. The van der Waals surface area contributed by atoms with Gasteiger partial charge in [-0.1, -0.05) is 19.9 Å². The lowest BCUT2D eigenvalue weighted by Crippen LogP contribution is -2.21. The molecule has 0 aromatic rings. The molecule has 1 rings (SSSR count). The summed E-state index contributed by atoms with van der Waals surface area (Å²) in [5.74, 6) is 0.173. The van der Waals surface area contributed by atoms with Crippen LogP contribution in [0.4, 0.5) is 0 Å². The summed E-state index contributed by atoms with van der Waals surface area (Å²) in [6.45, 7) is 5.69. The molecule has 0 atom stereocenters. The van der Waals surface area contributed by atoms with Crippen LogP contribution in [0.25, 0.3) is 0 Å². The smallest absolute Gasteiger partial charge is 0.156 e. The van der Waals surface area contributed by atoms with Crippen molar-refractivity contribution in [2.45, 2.75) is 33.6 Å². The lowest BCUT2D eigenvalue weighted by molar-refractivity contribution is -0.115. The van der Waals surface area contributed by atoms with E-state index in [1.165, 1.54) is 13.0 Å². The molecule has 2 heteroatoms. The average molecular weight is 192 g/mol. The zero-order valence-electron chi connectivity index (χ0n) is 8.96. The number of hydrogen-bond acceptors (Lipinski definition) is 2. The van der Waals surface area contributed by atoms with Gasteiger partial charge in [-0.25, -0.2) is 0 Å². The molecule has 1 aliphatic carbocycles. The van der Waals surface area contributed by atoms with Gasteiger partial charge in [-0.2, -0.15) is 0 Å². The van der Waals surface area contributed by atoms with E-state index in [4.69, 9.17) is 0 Å². The zero-order valence-corrected chi connectivity index (χ0v) is 8.96. The highest BCUT2D eigenvalue weighted by atomic mass is 16.1. The Morgan fingerprint density at radius 1 is 1.50 bits per heavy atom. The van der Waals surface area contributed by atoms with Crippen LogP contribution >= 0.6 is 0 Å². The van der Waals surface area contributed by atoms with Crippen molar-refractivity contribution < 1.29 is 9.59 Å². The van der Waals surface area contributed by atoms with E-state index in [0.717, 1.165) is 12.0 Å². The standard InChI is InChI=1S/C12H16O2/c1-9(13)4-5-10-8-11(14)6-7-12(10,2)3/h4-5,8H,6-7H2,1-3H3/b5-4+. The fourth-order valence-corrected chi connectivity index (χ4v) is 1.50. The summed E-state index contributed by atoms with van der Waals surface area (Å²) in [4.78, 5) is 22.0. The van der Waals surface area contributed by atoms with E-state index in [0.29, 0.717) is 6.42 Å². The molecule has 0 saturated carbocycles. The Hall–Kier alpha value is -1.18. The molecule has 0 unspecified atom stereocenters. The molecule has 76 valence electrons. The van der Waals surface area contributed by atoms with Crippen molar-refractivity contribution in [3.05, 3.63) is 23.8 Å². The third kappa shape index (κ3) is 2.66. The van der Waals surface area contributed by atoms with Crippen LogP contribution in [0.5, 0.6) is 0 Å². The van der Waals surface area contributed by atoms with Gasteiger partial charge in [0.05, 0.1) is 0 Å². The van der Waals surface area contributed by atoms with E-state index >= 15 is 0 Å². The van der Waals surface area contributed by atoms with E-state index in [1.807, 2.05) is 0 Å². The molecular formula is C12H16O2. The molecule has 0 aliphatic heterocycles. The van der Waals surface area contributed by atoms with Gasteiger partial charge in [0.15, 0.2) is 11.6 Å². The van der Waals surface area contributed by atoms with E-state index in [1.54, 1.807) is 12.2 Å². The Balaban J connectivity index is 2.92. The number of carbonyl (C=O) groups is 2. The van der Waals surface area contributed by atoms with Crippen molar-refractivity contribution in [3.8, 4) is 0 Å². The van der Waals surface area contributed by atoms with Crippen molar-refractivity contribution in [3.63, 3.8) is 0 Å². The number of rotatable bonds is 2. The molecule has 0 radical (unpaired) electrons. The predicted octanol–water partition coefficient (Wildman–Crippen LogP) is 2.45. The van der Waals surface area contributed by atoms with Crippen LogP contribution in [-0.4, -0.2) is 11.6 Å². The van der Waals surface area contributed by atoms with Gasteiger partial charge in [0.25, 0.3) is 0 Å². The van der Waals surface area contributed by atoms with Crippen molar-refractivity contribution in [1.82, 2.24) is 0 Å². The molecule has 0 bridgehead atoms. The molecule has 0 heterocycles. The van der Waals surface area contributed by atoms with Gasteiger partial charge >= 0.3 is 0 Å². The summed E-state index contributed by atoms with van der Waals surface area (Å²) in [7, 11) is 0. The molecule has 1 aliphatic rings. The number of carbonyl (C=O) groups excluding carboxylic acids is 2. The van der Waals surface area contributed by atoms with Crippen molar-refractivity contribution in [1.29, 1.82) is 0 Å². The van der Waals surface area contributed by atoms with Gasteiger partial charge in [-0.3, -0.25) is 9.59 Å². The van der Waals surface area contributed by atoms with Crippen LogP contribution in [0.3, 0.4) is 0 Å². The fourth-order valence-electron chi connectivity index (χ4n) is 1.50. The molecule has 0 N–H and O–H groups in total. The molecule has 0 amide bonds. The Morgan fingerprint density at radius 2 is 2.14 bits per heavy atom. The Labute approximate surface area is 84.7 Å². The molecule has 0 aromatic heterocycles. The molecule has 0 saturated heterocycles. The second-order valence-corrected chi connectivity index (χ2v) is 4.39. The third-order valence-corrected chi connectivity index (χ3v) is 2.59. The van der Waals surface area contributed by atoms with Crippen LogP contribution in [0.15, 0.2) is 23.8 Å². The summed E-state index contributed by atoms with van der Waals surface area (Å²) in [6.07, 6.45) is 6.42. The summed E-state index contributed by atoms with van der Waals surface area (Å²) in [6, 6.07) is 0. The quantitative estimate of drug-likeness (QED) is 0.630. The lowest BCUT2D eigenvalue weighted by Gasteiger charge is -2.29. The van der Waals surface area contributed by atoms with Crippen LogP contribution in [0, 0.1) is 5.41 Å². The maximum atomic E-state index is 11.2. The first-order valence-electron chi connectivity index (χ1n) is 4.85. The summed E-state index contributed by atoms with van der Waals surface area (Å²) in [5.41, 5.74) is 0.976. The van der Waals surface area contributed by atoms with E-state index < -0.39 is 0 Å². The second-order valence-electron chi connectivity index (χ2n) is 4.39. The van der Waals surface area contributed by atoms with Gasteiger partial charge in [-0.15, -0.1) is 0 Å². The van der Waals surface area contributed by atoms with Crippen LogP contribution in [-0.2, 0) is 9.59 Å². The largest absolute Gasteiger partial charge is 0.295 e. The topological polar surface area (TPSA) is 34.1 Å². The minimum absolute atomic E-state index is 0.0136. The minimum Gasteiger partial charge on any atom is -0.295 e. The minimum atomic E-state index is 0.0136. The second kappa shape index (κ2) is 3.91. The predicted molar refractivity (Wildman–Crippen MR) is 55.9 cm³/mol. The molecular weight excluding hydrogens is 176 g/mol. The first-order chi connectivity index (χ1) is 6.42. The van der Waals surface area contributed by atoms with Gasteiger partial charge in [0.2, 0.25) is 0 Å². The van der Waals surface area contributed by atoms with Crippen LogP contribution in [0.2, 0.25) is 0 Å². The molecule has 14 heavy (non-hydrogen) atoms. The van der Waals surface area contributed by atoms with Gasteiger partial charge < -0.3 is 0 Å². The van der Waals surface area contributed by atoms with Crippen LogP contribution < -0.4 is 0 Å². The Kier molecular flexibility index (Phi) is 3.04. The lowest BCUT2D eigenvalue weighted by atomic mass is 9.75. The zero-order chi connectivity index (χ0) is 10.8. The van der Waals surface area contributed by atoms with E-state index in [-0.39, 0.29) is 17.0 Å². The highest BCUT2D eigenvalue weighted by molar-refractivity contribution is 5.93. The van der Waals surface area contributed by atoms with Crippen LogP contribution in [0.1, 0.15) is 33.6 Å². The van der Waals surface area contributed by atoms with Gasteiger partial charge in [-0.05, 0) is 36.5 Å². The molecule has 0 fully saturated rings. The highest BCUT2D eigenvalue weighted by Gasteiger charge is 2.26. The number of hydrogen-bond donors (Lipinski definition) is 0. The number of ketones is 2. The maximum Gasteiger partial charge on any atom is 0.156 e. The SMILES string of the molecule is CC(=O)/C=C/C1=CC(=O)CCC1(C)C. The fraction of sp³-hybridized carbons (Fsp3) is 0.500. The normalized spacial score (nSPS) is 21.1. The highest BCUT2D eigenvalue weighted by Crippen LogP contribution is 2.35. The number of allylic oxidation sites excluding steroid dienone is 4. The van der Waals surface area contributed by atoms with Gasteiger partial charge in [0, 0.05) is 6.42 Å². The van der Waals surface area contributed by atoms with Crippen molar-refractivity contribution in [2.24, 2.45) is 5.41 Å². The first kappa shape index (κ1) is 10.9. The average Bonchev–Trinajstić information content (AvgIpc) is 2.07. The monoisotopic (exact) mass is 192 g/mol. The molecule has 2 nitrogen and oxygen atoms in total. The summed E-state index contributed by atoms with van der Waals surface area (Å²) in [5, 5.41) is 0. The Bertz CT molecular complexity index is 319. The Morgan fingerprint density at radius 3 is 2.71 bits per heavy atom. The summed E-state index contributed by atoms with van der Waals surface area (Å²) >= 11 is 0.